The number of amides is 1. The molecule has 0 bridgehead atoms. The Balaban J connectivity index is 1.47. The van der Waals surface area contributed by atoms with Crippen LogP contribution < -0.4 is 5.32 Å². The maximum atomic E-state index is 14.7. The highest BCUT2D eigenvalue weighted by Crippen LogP contribution is 2.31. The van der Waals surface area contributed by atoms with Gasteiger partial charge in [0.05, 0.1) is 23.6 Å². The van der Waals surface area contributed by atoms with E-state index in [1.807, 2.05) is 30.3 Å². The van der Waals surface area contributed by atoms with Crippen LogP contribution >= 0.6 is 11.3 Å². The quantitative estimate of drug-likeness (QED) is 0.407. The number of hydrogen-bond donors (Lipinski definition) is 1. The highest BCUT2D eigenvalue weighted by Gasteiger charge is 2.23. The van der Waals surface area contributed by atoms with Crippen LogP contribution in [0.2, 0.25) is 0 Å². The lowest BCUT2D eigenvalue weighted by Gasteiger charge is -2.08. The average molecular weight is 469 g/mol. The molecule has 12 heteroatoms. The van der Waals surface area contributed by atoms with Crippen molar-refractivity contribution in [2.75, 3.05) is 5.32 Å². The van der Waals surface area contributed by atoms with Crippen LogP contribution in [0.25, 0.3) is 27.6 Å². The first kappa shape index (κ1) is 20.8. The summed E-state index contributed by atoms with van der Waals surface area (Å²) in [5, 5.41) is 12.2. The Morgan fingerprint density at radius 3 is 2.70 bits per heavy atom. The molecule has 33 heavy (non-hydrogen) atoms. The standard InChI is InChI=1S/C21H14F3N7OS/c1-30-17(12(8-25-30)21-27-15(10-33-21)18(23)24)20(32)26-14-7-16-28-19(11-5-3-2-4-6-11)29-31(16)9-13(14)22/h2-10,18H,1H3,(H,26,32). The van der Waals surface area contributed by atoms with E-state index in [2.05, 4.69) is 25.5 Å². The number of thiazole rings is 1. The Morgan fingerprint density at radius 1 is 1.18 bits per heavy atom. The minimum atomic E-state index is -2.73. The van der Waals surface area contributed by atoms with Gasteiger partial charge in [-0.2, -0.15) is 5.10 Å². The zero-order chi connectivity index (χ0) is 23.1. The van der Waals surface area contributed by atoms with E-state index in [0.29, 0.717) is 11.5 Å². The molecule has 1 amide bonds. The van der Waals surface area contributed by atoms with Crippen LogP contribution in [0.15, 0.2) is 54.2 Å². The lowest BCUT2D eigenvalue weighted by molar-refractivity contribution is 0.101. The number of halogens is 3. The molecule has 5 rings (SSSR count). The van der Waals surface area contributed by atoms with Crippen LogP contribution in [0.5, 0.6) is 0 Å². The van der Waals surface area contributed by atoms with Crippen molar-refractivity contribution in [1.82, 2.24) is 29.4 Å². The summed E-state index contributed by atoms with van der Waals surface area (Å²) in [5.41, 5.74) is 0.913. The van der Waals surface area contributed by atoms with Crippen LogP contribution in [-0.4, -0.2) is 35.3 Å². The number of nitrogens with one attached hydrogen (secondary N) is 1. The summed E-state index contributed by atoms with van der Waals surface area (Å²) in [6.45, 7) is 0. The number of hydrogen-bond acceptors (Lipinski definition) is 6. The van der Waals surface area contributed by atoms with Crippen LogP contribution in [0.1, 0.15) is 22.6 Å². The van der Waals surface area contributed by atoms with Crippen molar-refractivity contribution in [3.63, 3.8) is 0 Å². The molecule has 0 aliphatic carbocycles. The molecule has 0 saturated carbocycles. The van der Waals surface area contributed by atoms with Gasteiger partial charge < -0.3 is 5.32 Å². The molecule has 8 nitrogen and oxygen atoms in total. The van der Waals surface area contributed by atoms with Crippen molar-refractivity contribution in [1.29, 1.82) is 0 Å². The van der Waals surface area contributed by atoms with E-state index < -0.39 is 18.1 Å². The van der Waals surface area contributed by atoms with Gasteiger partial charge in [-0.15, -0.1) is 16.4 Å². The molecule has 1 aromatic carbocycles. The van der Waals surface area contributed by atoms with Crippen molar-refractivity contribution in [3.05, 3.63) is 71.4 Å². The molecule has 4 heterocycles. The third kappa shape index (κ3) is 3.84. The Labute approximate surface area is 188 Å². The molecule has 0 aliphatic rings. The van der Waals surface area contributed by atoms with Gasteiger partial charge in [0.25, 0.3) is 12.3 Å². The number of rotatable bonds is 5. The summed E-state index contributed by atoms with van der Waals surface area (Å²) in [5.74, 6) is -0.992. The normalized spacial score (nSPS) is 11.4. The van der Waals surface area contributed by atoms with Gasteiger partial charge in [-0.1, -0.05) is 30.3 Å². The highest BCUT2D eigenvalue weighted by molar-refractivity contribution is 7.13. The largest absolute Gasteiger partial charge is 0.318 e. The van der Waals surface area contributed by atoms with E-state index in [1.165, 1.54) is 33.9 Å². The van der Waals surface area contributed by atoms with E-state index in [9.17, 15) is 18.0 Å². The Kier molecular flexibility index (Phi) is 5.13. The third-order valence-corrected chi connectivity index (χ3v) is 5.73. The molecule has 1 N–H and O–H groups in total. The smallest absolute Gasteiger partial charge is 0.281 e. The first-order chi connectivity index (χ1) is 15.9. The number of anilines is 1. The van der Waals surface area contributed by atoms with Gasteiger partial charge in [0.2, 0.25) is 0 Å². The third-order valence-electron chi connectivity index (χ3n) is 4.83. The first-order valence-corrected chi connectivity index (χ1v) is 10.5. The first-order valence-electron chi connectivity index (χ1n) is 9.59. The lowest BCUT2D eigenvalue weighted by Crippen LogP contribution is -2.18. The summed E-state index contributed by atoms with van der Waals surface area (Å²) >= 11 is 0.968. The molecule has 0 unspecified atom stereocenters. The zero-order valence-electron chi connectivity index (χ0n) is 16.9. The zero-order valence-corrected chi connectivity index (χ0v) is 17.7. The molecule has 0 saturated heterocycles. The van der Waals surface area contributed by atoms with Crippen LogP contribution in [0.3, 0.4) is 0 Å². The Morgan fingerprint density at radius 2 is 1.97 bits per heavy atom. The molecular formula is C21H14F3N7OS. The Hall–Kier alpha value is -4.06. The van der Waals surface area contributed by atoms with Gasteiger partial charge in [0, 0.05) is 24.1 Å². The van der Waals surface area contributed by atoms with Gasteiger partial charge in [-0.3, -0.25) is 9.48 Å². The molecule has 0 fully saturated rings. The highest BCUT2D eigenvalue weighted by atomic mass is 32.1. The predicted octanol–water partition coefficient (Wildman–Crippen LogP) is 4.58. The molecule has 166 valence electrons. The minimum Gasteiger partial charge on any atom is -0.318 e. The van der Waals surface area contributed by atoms with Crippen molar-refractivity contribution in [3.8, 4) is 22.0 Å². The summed E-state index contributed by atoms with van der Waals surface area (Å²) in [4.78, 5) is 21.3. The van der Waals surface area contributed by atoms with E-state index in [1.54, 1.807) is 0 Å². The van der Waals surface area contributed by atoms with Crippen LogP contribution in [-0.2, 0) is 7.05 Å². The van der Waals surface area contributed by atoms with E-state index in [4.69, 9.17) is 0 Å². The fourth-order valence-electron chi connectivity index (χ4n) is 3.26. The average Bonchev–Trinajstić information content (AvgIpc) is 3.52. The second kappa shape index (κ2) is 8.13. The minimum absolute atomic E-state index is 0.0517. The fraction of sp³-hybridized carbons (Fsp3) is 0.0952. The number of nitrogens with zero attached hydrogens (tertiary/aromatic N) is 6. The van der Waals surface area contributed by atoms with E-state index >= 15 is 0 Å². The molecular weight excluding hydrogens is 455 g/mol. The summed E-state index contributed by atoms with van der Waals surface area (Å²) < 4.78 is 43.1. The lowest BCUT2D eigenvalue weighted by atomic mass is 10.2. The number of aryl methyl sites for hydroxylation is 1. The molecule has 0 atom stereocenters. The van der Waals surface area contributed by atoms with Crippen molar-refractivity contribution in [2.45, 2.75) is 6.43 Å². The summed E-state index contributed by atoms with van der Waals surface area (Å²) in [7, 11) is 1.52. The van der Waals surface area contributed by atoms with Gasteiger partial charge in [0.15, 0.2) is 17.3 Å². The van der Waals surface area contributed by atoms with E-state index in [0.717, 1.165) is 23.1 Å². The van der Waals surface area contributed by atoms with Crippen LogP contribution in [0.4, 0.5) is 18.9 Å². The van der Waals surface area contributed by atoms with Crippen LogP contribution in [0, 0.1) is 5.82 Å². The second-order valence-electron chi connectivity index (χ2n) is 7.00. The summed E-state index contributed by atoms with van der Waals surface area (Å²) in [6.07, 6.45) is -0.258. The second-order valence-corrected chi connectivity index (χ2v) is 7.86. The topological polar surface area (TPSA) is 90.0 Å². The Bertz CT molecular complexity index is 1480. The number of alkyl halides is 2. The summed E-state index contributed by atoms with van der Waals surface area (Å²) in [6, 6.07) is 10.6. The van der Waals surface area contributed by atoms with Crippen molar-refractivity contribution < 1.29 is 18.0 Å². The monoisotopic (exact) mass is 469 g/mol. The van der Waals surface area contributed by atoms with Gasteiger partial charge >= 0.3 is 0 Å². The van der Waals surface area contributed by atoms with Crippen molar-refractivity contribution >= 4 is 28.6 Å². The fourth-order valence-corrected chi connectivity index (χ4v) is 4.09. The number of carbonyl (C=O) groups is 1. The maximum Gasteiger partial charge on any atom is 0.281 e. The molecule has 0 aliphatic heterocycles. The van der Waals surface area contributed by atoms with E-state index in [-0.39, 0.29) is 27.6 Å². The number of carbonyl (C=O) groups excluding carboxylic acids is 1. The maximum absolute atomic E-state index is 14.7. The molecule has 4 aromatic heterocycles. The van der Waals surface area contributed by atoms with Gasteiger partial charge in [0.1, 0.15) is 16.4 Å². The number of pyridine rings is 1. The van der Waals surface area contributed by atoms with Gasteiger partial charge in [-0.05, 0) is 0 Å². The number of aromatic nitrogens is 6. The predicted molar refractivity (Wildman–Crippen MR) is 116 cm³/mol. The number of fused-ring (bicyclic) bond motifs is 1. The molecule has 0 spiro atoms. The number of benzene rings is 1. The molecule has 0 radical (unpaired) electrons. The SMILES string of the molecule is Cn1ncc(-c2nc(C(F)F)cs2)c1C(=O)Nc1cc2nc(-c3ccccc3)nn2cc1F. The van der Waals surface area contributed by atoms with Gasteiger partial charge in [-0.25, -0.2) is 27.7 Å². The molecule has 5 aromatic rings. The van der Waals surface area contributed by atoms with Crippen molar-refractivity contribution in [2.24, 2.45) is 7.05 Å².